The van der Waals surface area contributed by atoms with Crippen molar-refractivity contribution in [3.8, 4) is 11.5 Å². The van der Waals surface area contributed by atoms with E-state index in [1.807, 2.05) is 24.3 Å². The highest BCUT2D eigenvalue weighted by Gasteiger charge is 2.56. The summed E-state index contributed by atoms with van der Waals surface area (Å²) in [5.41, 5.74) is 2.33. The molecule has 0 bridgehead atoms. The number of hydrogen-bond acceptors (Lipinski definition) is 4. The van der Waals surface area contributed by atoms with E-state index in [0.29, 0.717) is 19.3 Å². The van der Waals surface area contributed by atoms with Crippen molar-refractivity contribution in [1.29, 1.82) is 0 Å². The van der Waals surface area contributed by atoms with E-state index in [1.165, 1.54) is 11.1 Å². The maximum atomic E-state index is 13.0. The monoisotopic (exact) mass is 644 g/mol. The molecule has 3 rings (SSSR count). The predicted molar refractivity (Wildman–Crippen MR) is 164 cm³/mol. The number of fused-ring (bicyclic) bond motifs is 1. The normalized spacial score (nSPS) is 19.5. The van der Waals surface area contributed by atoms with Crippen molar-refractivity contribution in [3.05, 3.63) is 53.6 Å². The van der Waals surface area contributed by atoms with Crippen LogP contribution in [0.2, 0.25) is 0 Å². The van der Waals surface area contributed by atoms with E-state index in [9.17, 15) is 42.1 Å². The summed E-state index contributed by atoms with van der Waals surface area (Å²) < 4.78 is 62.8. The van der Waals surface area contributed by atoms with E-state index in [-0.39, 0.29) is 35.7 Å². The zero-order valence-corrected chi connectivity index (χ0v) is 26.2. The molecular weight excluding hydrogens is 599 g/mol. The molecule has 3 N–H and O–H groups in total. The number of carboxylic acid groups (broad SMARTS) is 1. The lowest BCUT2D eigenvalue weighted by Gasteiger charge is -2.43. The molecule has 1 unspecified atom stereocenters. The lowest BCUT2D eigenvalue weighted by molar-refractivity contribution is -0.284. The number of carboxylic acids is 1. The molecule has 44 heavy (non-hydrogen) atoms. The van der Waals surface area contributed by atoms with Gasteiger partial charge in [0.05, 0.1) is 5.92 Å². The Balaban J connectivity index is 1.36. The second-order valence-electron chi connectivity index (χ2n) is 12.4. The van der Waals surface area contributed by atoms with Gasteiger partial charge in [-0.3, -0.25) is 4.79 Å². The molecular formula is C34H45F5O4S. The molecule has 0 aromatic heterocycles. The van der Waals surface area contributed by atoms with E-state index in [2.05, 4.69) is 6.92 Å². The van der Waals surface area contributed by atoms with Crippen molar-refractivity contribution in [2.75, 3.05) is 5.75 Å². The van der Waals surface area contributed by atoms with Crippen LogP contribution in [-0.2, 0) is 10.2 Å². The predicted octanol–water partition coefficient (Wildman–Crippen LogP) is 10.6. The van der Waals surface area contributed by atoms with Crippen LogP contribution in [0.1, 0.15) is 114 Å². The highest BCUT2D eigenvalue weighted by molar-refractivity contribution is 7.99. The maximum Gasteiger partial charge on any atom is 0.453 e. The molecule has 0 saturated heterocycles. The number of carbonyl (C=O) groups is 1. The van der Waals surface area contributed by atoms with Gasteiger partial charge in [0, 0.05) is 22.5 Å². The third kappa shape index (κ3) is 10.0. The molecule has 0 spiro atoms. The highest BCUT2D eigenvalue weighted by Crippen LogP contribution is 2.52. The number of hydrogen-bond donors (Lipinski definition) is 3. The van der Waals surface area contributed by atoms with Crippen LogP contribution in [0.4, 0.5) is 22.0 Å². The van der Waals surface area contributed by atoms with E-state index in [4.69, 9.17) is 0 Å². The molecule has 1 aliphatic rings. The Labute approximate surface area is 261 Å². The van der Waals surface area contributed by atoms with Crippen LogP contribution in [0.25, 0.3) is 0 Å². The van der Waals surface area contributed by atoms with Gasteiger partial charge in [0.1, 0.15) is 11.5 Å². The van der Waals surface area contributed by atoms with Gasteiger partial charge in [0.25, 0.3) is 0 Å². The molecule has 0 aliphatic carbocycles. The number of alkyl halides is 5. The molecule has 246 valence electrons. The second kappa shape index (κ2) is 16.2. The summed E-state index contributed by atoms with van der Waals surface area (Å²) in [5, 5.41) is 29.3. The fourth-order valence-electron chi connectivity index (χ4n) is 6.28. The molecule has 10 heteroatoms. The largest absolute Gasteiger partial charge is 0.508 e. The highest BCUT2D eigenvalue weighted by atomic mass is 32.2. The van der Waals surface area contributed by atoms with Crippen LogP contribution in [0.5, 0.6) is 11.5 Å². The number of unbranched alkanes of at least 4 members (excludes halogenated alkanes) is 8. The summed E-state index contributed by atoms with van der Waals surface area (Å²) in [6, 6.07) is 13.1. The van der Waals surface area contributed by atoms with Crippen LogP contribution >= 0.6 is 11.8 Å². The molecule has 0 radical (unpaired) electrons. The van der Waals surface area contributed by atoms with Crippen LogP contribution in [-0.4, -0.2) is 39.1 Å². The number of aromatic hydroxyl groups is 2. The molecule has 3 atom stereocenters. The first-order chi connectivity index (χ1) is 20.7. The lowest BCUT2D eigenvalue weighted by atomic mass is 9.68. The summed E-state index contributed by atoms with van der Waals surface area (Å²) in [5.74, 6) is -4.57. The Kier molecular flexibility index (Phi) is 13.2. The summed E-state index contributed by atoms with van der Waals surface area (Å²) in [6.45, 7) is 2.28. The first-order valence-corrected chi connectivity index (χ1v) is 16.7. The quantitative estimate of drug-likeness (QED) is 0.111. The molecule has 0 fully saturated rings. The van der Waals surface area contributed by atoms with E-state index >= 15 is 0 Å². The van der Waals surface area contributed by atoms with Gasteiger partial charge in [-0.25, -0.2) is 0 Å². The third-order valence-electron chi connectivity index (χ3n) is 9.05. The number of rotatable bonds is 18. The Morgan fingerprint density at radius 2 is 1.39 bits per heavy atom. The molecule has 4 nitrogen and oxygen atoms in total. The van der Waals surface area contributed by atoms with Gasteiger partial charge in [-0.1, -0.05) is 82.9 Å². The van der Waals surface area contributed by atoms with Crippen LogP contribution < -0.4 is 0 Å². The zero-order valence-electron chi connectivity index (χ0n) is 25.4. The number of halogens is 5. The molecule has 1 heterocycles. The number of phenolic OH excluding ortho intramolecular Hbond substituents is 2. The van der Waals surface area contributed by atoms with Gasteiger partial charge in [0.2, 0.25) is 0 Å². The summed E-state index contributed by atoms with van der Waals surface area (Å²) in [6.07, 6.45) is 2.05. The van der Waals surface area contributed by atoms with Crippen molar-refractivity contribution in [2.45, 2.75) is 125 Å². The summed E-state index contributed by atoms with van der Waals surface area (Å²) >= 11 is 1.76. The van der Waals surface area contributed by atoms with Gasteiger partial charge >= 0.3 is 18.1 Å². The van der Waals surface area contributed by atoms with Crippen molar-refractivity contribution in [3.63, 3.8) is 0 Å². The average Bonchev–Trinajstić information content (AvgIpc) is 2.95. The van der Waals surface area contributed by atoms with Crippen molar-refractivity contribution >= 4 is 17.7 Å². The van der Waals surface area contributed by atoms with Crippen molar-refractivity contribution in [2.24, 2.45) is 5.92 Å². The lowest BCUT2D eigenvalue weighted by Crippen LogP contribution is -2.36. The number of benzene rings is 2. The number of phenols is 2. The zero-order chi connectivity index (χ0) is 32.4. The topological polar surface area (TPSA) is 77.8 Å². The van der Waals surface area contributed by atoms with Crippen LogP contribution in [0, 0.1) is 5.92 Å². The Morgan fingerprint density at radius 1 is 0.841 bits per heavy atom. The van der Waals surface area contributed by atoms with E-state index in [1.54, 1.807) is 30.0 Å². The minimum Gasteiger partial charge on any atom is -0.508 e. The van der Waals surface area contributed by atoms with Gasteiger partial charge in [0.15, 0.2) is 0 Å². The first-order valence-electron chi connectivity index (χ1n) is 15.7. The molecule has 2 aromatic carbocycles. The third-order valence-corrected chi connectivity index (χ3v) is 10.5. The van der Waals surface area contributed by atoms with E-state index in [0.717, 1.165) is 62.0 Å². The average molecular weight is 645 g/mol. The number of aliphatic carboxylic acids is 1. The van der Waals surface area contributed by atoms with Gasteiger partial charge in [-0.05, 0) is 67.0 Å². The Bertz CT molecular complexity index is 1190. The van der Waals surface area contributed by atoms with Crippen LogP contribution in [0.15, 0.2) is 47.4 Å². The first kappa shape index (κ1) is 36.0. The maximum absolute atomic E-state index is 13.0. The van der Waals surface area contributed by atoms with E-state index < -0.39 is 30.4 Å². The van der Waals surface area contributed by atoms with Gasteiger partial charge in [-0.2, -0.15) is 22.0 Å². The molecule has 1 aliphatic heterocycles. The summed E-state index contributed by atoms with van der Waals surface area (Å²) in [7, 11) is 0. The standard InChI is InChI=1S/C34H45F5O4S/c1-32(25-15-17-26(40)18-16-25)23-44-30-22-27(41)19-20-28(30)29(32)14-10-6-4-2-3-5-8-12-24(31(42)43)13-9-7-11-21-33(35,36)34(37,38)39/h15-20,22,24,29,40-41H,2-14,21,23H2,1H3,(H,42,43)/t24?,29-,32-/m1/s1. The fourth-order valence-corrected chi connectivity index (χ4v) is 7.68. The van der Waals surface area contributed by atoms with Gasteiger partial charge in [-0.15, -0.1) is 11.8 Å². The van der Waals surface area contributed by atoms with Crippen molar-refractivity contribution in [1.82, 2.24) is 0 Å². The second-order valence-corrected chi connectivity index (χ2v) is 13.4. The molecule has 0 saturated carbocycles. The number of thioether (sulfide) groups is 1. The summed E-state index contributed by atoms with van der Waals surface area (Å²) in [4.78, 5) is 12.7. The minimum absolute atomic E-state index is 0.114. The molecule has 2 aromatic rings. The van der Waals surface area contributed by atoms with Gasteiger partial charge < -0.3 is 15.3 Å². The fraction of sp³-hybridized carbons (Fsp3) is 0.618. The van der Waals surface area contributed by atoms with Crippen LogP contribution in [0.3, 0.4) is 0 Å². The SMILES string of the molecule is C[C@]1(c2ccc(O)cc2)CSc2cc(O)ccc2[C@H]1CCCCCCCCCC(CCCCCC(F)(F)C(F)(F)F)C(=O)O. The smallest absolute Gasteiger partial charge is 0.453 e. The minimum atomic E-state index is -5.54. The van der Waals surface area contributed by atoms with Crippen molar-refractivity contribution < 1.29 is 42.1 Å². The Hall–Kier alpha value is -2.49. The molecule has 0 amide bonds. The Morgan fingerprint density at radius 3 is 1.98 bits per heavy atom.